The minimum Gasteiger partial charge on any atom is -0.493 e. The standard InChI is InChI=1S/C23H22Cl2N8O2/c1-34-18-6-17(27)14(5-19(18)35-22(29)20-15(24)10-30-11-16(20)25)21(28)12-8-31-23(32-9-12)33-4-2-3-13(33)7-26/h5-6,8-11,13,22,28H,2-4,27,29H2,1H3/t13-,22-/m0/s1. The van der Waals surface area contributed by atoms with Gasteiger partial charge in [0.25, 0.3) is 0 Å². The highest BCUT2D eigenvalue weighted by Gasteiger charge is 2.26. The molecule has 0 amide bonds. The van der Waals surface area contributed by atoms with E-state index in [4.69, 9.17) is 49.6 Å². The van der Waals surface area contributed by atoms with Gasteiger partial charge in [-0.05, 0) is 18.9 Å². The Bertz CT molecular complexity index is 1280. The van der Waals surface area contributed by atoms with E-state index in [0.29, 0.717) is 40.6 Å². The van der Waals surface area contributed by atoms with Crippen molar-refractivity contribution in [3.63, 3.8) is 0 Å². The predicted molar refractivity (Wildman–Crippen MR) is 133 cm³/mol. The minimum absolute atomic E-state index is 0.0772. The average Bonchev–Trinajstić information content (AvgIpc) is 3.33. The van der Waals surface area contributed by atoms with Crippen molar-refractivity contribution in [3.05, 3.63) is 63.7 Å². The first-order valence-corrected chi connectivity index (χ1v) is 11.4. The zero-order valence-corrected chi connectivity index (χ0v) is 20.2. The molecule has 4 rings (SSSR count). The zero-order valence-electron chi connectivity index (χ0n) is 18.7. The first-order chi connectivity index (χ1) is 16.8. The van der Waals surface area contributed by atoms with Gasteiger partial charge >= 0.3 is 0 Å². The number of nitrogens with zero attached hydrogens (tertiary/aromatic N) is 5. The Morgan fingerprint density at radius 2 is 1.89 bits per heavy atom. The van der Waals surface area contributed by atoms with Crippen molar-refractivity contribution in [3.8, 4) is 17.6 Å². The zero-order chi connectivity index (χ0) is 25.1. The summed E-state index contributed by atoms with van der Waals surface area (Å²) in [5.41, 5.74) is 14.0. The van der Waals surface area contributed by atoms with Gasteiger partial charge in [-0.1, -0.05) is 23.2 Å². The van der Waals surface area contributed by atoms with E-state index in [2.05, 4.69) is 21.0 Å². The molecular formula is C23H22Cl2N8O2. The van der Waals surface area contributed by atoms with E-state index in [9.17, 15) is 5.26 Å². The number of methoxy groups -OCH3 is 1. The first-order valence-electron chi connectivity index (χ1n) is 10.6. The Balaban J connectivity index is 1.62. The molecule has 0 saturated carbocycles. The van der Waals surface area contributed by atoms with Crippen LogP contribution < -0.4 is 25.8 Å². The second kappa shape index (κ2) is 10.3. The largest absolute Gasteiger partial charge is 0.493 e. The maximum absolute atomic E-state index is 9.31. The van der Waals surface area contributed by atoms with Gasteiger partial charge in [-0.2, -0.15) is 5.26 Å². The van der Waals surface area contributed by atoms with Crippen LogP contribution in [0.3, 0.4) is 0 Å². The molecule has 0 bridgehead atoms. The van der Waals surface area contributed by atoms with E-state index >= 15 is 0 Å². The van der Waals surface area contributed by atoms with Gasteiger partial charge in [-0.3, -0.25) is 16.1 Å². The van der Waals surface area contributed by atoms with Crippen molar-refractivity contribution in [1.82, 2.24) is 15.0 Å². The molecule has 0 unspecified atom stereocenters. The summed E-state index contributed by atoms with van der Waals surface area (Å²) in [5, 5.41) is 18.5. The fraction of sp³-hybridized carbons (Fsp3) is 0.261. The monoisotopic (exact) mass is 512 g/mol. The first kappa shape index (κ1) is 24.5. The number of nitriles is 1. The van der Waals surface area contributed by atoms with Gasteiger partial charge in [0.15, 0.2) is 17.7 Å². The van der Waals surface area contributed by atoms with Gasteiger partial charge in [0, 0.05) is 59.8 Å². The highest BCUT2D eigenvalue weighted by molar-refractivity contribution is 6.35. The highest BCUT2D eigenvalue weighted by Crippen LogP contribution is 2.37. The lowest BCUT2D eigenvalue weighted by atomic mass is 10.0. The van der Waals surface area contributed by atoms with Crippen LogP contribution in [0.15, 0.2) is 36.9 Å². The molecule has 12 heteroatoms. The fourth-order valence-electron chi connectivity index (χ4n) is 3.83. The third-order valence-electron chi connectivity index (χ3n) is 5.62. The number of ether oxygens (including phenoxy) is 2. The molecule has 35 heavy (non-hydrogen) atoms. The lowest BCUT2D eigenvalue weighted by molar-refractivity contribution is 0.204. The van der Waals surface area contributed by atoms with Crippen molar-refractivity contribution >= 4 is 40.5 Å². The van der Waals surface area contributed by atoms with Gasteiger partial charge in [0.1, 0.15) is 6.04 Å². The molecule has 0 aliphatic carbocycles. The quantitative estimate of drug-likeness (QED) is 0.243. The van der Waals surface area contributed by atoms with Crippen molar-refractivity contribution in [2.24, 2.45) is 5.73 Å². The predicted octanol–water partition coefficient (Wildman–Crippen LogP) is 3.71. The number of hydrogen-bond acceptors (Lipinski definition) is 10. The number of nitrogens with one attached hydrogen (secondary N) is 1. The van der Waals surface area contributed by atoms with Crippen LogP contribution in [0.4, 0.5) is 11.6 Å². The number of rotatable bonds is 7. The van der Waals surface area contributed by atoms with Gasteiger partial charge in [-0.15, -0.1) is 0 Å². The van der Waals surface area contributed by atoms with E-state index in [1.807, 2.05) is 4.90 Å². The van der Waals surface area contributed by atoms with Crippen LogP contribution in [0, 0.1) is 16.7 Å². The lowest BCUT2D eigenvalue weighted by Gasteiger charge is -2.21. The summed E-state index contributed by atoms with van der Waals surface area (Å²) in [4.78, 5) is 14.5. The Kier molecular flexibility index (Phi) is 7.21. The summed E-state index contributed by atoms with van der Waals surface area (Å²) in [7, 11) is 1.46. The van der Waals surface area contributed by atoms with Crippen LogP contribution in [-0.4, -0.2) is 40.4 Å². The van der Waals surface area contributed by atoms with Gasteiger partial charge in [0.2, 0.25) is 5.95 Å². The van der Waals surface area contributed by atoms with Crippen LogP contribution >= 0.6 is 23.2 Å². The smallest absolute Gasteiger partial charge is 0.226 e. The van der Waals surface area contributed by atoms with E-state index in [1.165, 1.54) is 31.9 Å². The molecule has 180 valence electrons. The summed E-state index contributed by atoms with van der Waals surface area (Å²) in [6.07, 6.45) is 6.54. The molecule has 1 aliphatic rings. The molecule has 3 aromatic rings. The van der Waals surface area contributed by atoms with Gasteiger partial charge in [0.05, 0.1) is 28.9 Å². The highest BCUT2D eigenvalue weighted by atomic mass is 35.5. The Labute approximate surface area is 211 Å². The molecule has 1 aliphatic heterocycles. The van der Waals surface area contributed by atoms with Crippen LogP contribution in [0.2, 0.25) is 10.0 Å². The molecule has 10 nitrogen and oxygen atoms in total. The molecule has 2 aromatic heterocycles. The average molecular weight is 513 g/mol. The number of hydrogen-bond donors (Lipinski definition) is 3. The summed E-state index contributed by atoms with van der Waals surface area (Å²) in [5.74, 6) is 1.01. The molecule has 1 saturated heterocycles. The topological polar surface area (TPSA) is 160 Å². The summed E-state index contributed by atoms with van der Waals surface area (Å²) >= 11 is 12.4. The number of pyridine rings is 1. The van der Waals surface area contributed by atoms with Crippen molar-refractivity contribution in [2.75, 3.05) is 24.3 Å². The van der Waals surface area contributed by atoms with E-state index in [0.717, 1.165) is 12.8 Å². The van der Waals surface area contributed by atoms with Gasteiger partial charge < -0.3 is 20.1 Å². The molecule has 0 spiro atoms. The van der Waals surface area contributed by atoms with E-state index in [-0.39, 0.29) is 27.5 Å². The van der Waals surface area contributed by atoms with Crippen LogP contribution in [0.1, 0.15) is 35.8 Å². The molecule has 1 fully saturated rings. The Hall–Kier alpha value is -3.65. The van der Waals surface area contributed by atoms with Crippen molar-refractivity contribution in [2.45, 2.75) is 25.1 Å². The molecule has 5 N–H and O–H groups in total. The van der Waals surface area contributed by atoms with Crippen LogP contribution in [-0.2, 0) is 0 Å². The number of anilines is 2. The summed E-state index contributed by atoms with van der Waals surface area (Å²) in [6.45, 7) is 0.715. The third-order valence-corrected chi connectivity index (χ3v) is 6.22. The number of nitrogen functional groups attached to an aromatic ring is 1. The molecule has 2 atom stereocenters. The maximum Gasteiger partial charge on any atom is 0.226 e. The normalized spacial score (nSPS) is 16.0. The molecule has 1 aromatic carbocycles. The molecule has 0 radical (unpaired) electrons. The lowest BCUT2D eigenvalue weighted by Crippen LogP contribution is -2.29. The maximum atomic E-state index is 9.31. The van der Waals surface area contributed by atoms with Crippen LogP contribution in [0.25, 0.3) is 0 Å². The Morgan fingerprint density at radius 1 is 1.20 bits per heavy atom. The second-order valence-electron chi connectivity index (χ2n) is 7.77. The third kappa shape index (κ3) is 4.93. The van der Waals surface area contributed by atoms with Crippen molar-refractivity contribution < 1.29 is 9.47 Å². The van der Waals surface area contributed by atoms with Crippen LogP contribution in [0.5, 0.6) is 11.5 Å². The molecular weight excluding hydrogens is 491 g/mol. The minimum atomic E-state index is -1.03. The number of halogens is 2. The summed E-state index contributed by atoms with van der Waals surface area (Å²) in [6, 6.07) is 5.11. The van der Waals surface area contributed by atoms with Gasteiger partial charge in [-0.25, -0.2) is 9.97 Å². The van der Waals surface area contributed by atoms with E-state index in [1.54, 1.807) is 12.1 Å². The number of aromatic nitrogens is 3. The van der Waals surface area contributed by atoms with E-state index < -0.39 is 6.23 Å². The molecule has 3 heterocycles. The summed E-state index contributed by atoms with van der Waals surface area (Å²) < 4.78 is 11.3. The fourth-order valence-corrected chi connectivity index (χ4v) is 4.41. The number of nitrogens with two attached hydrogens (primary N) is 2. The second-order valence-corrected chi connectivity index (χ2v) is 8.59. The number of benzene rings is 1. The SMILES string of the molecule is COc1cc(N)c(C(=N)c2cnc(N3CCC[C@H]3C#N)nc2)cc1O[C@H](N)c1c(Cl)cncc1Cl. The van der Waals surface area contributed by atoms with Crippen molar-refractivity contribution in [1.29, 1.82) is 10.7 Å². The Morgan fingerprint density at radius 3 is 2.51 bits per heavy atom.